The van der Waals surface area contributed by atoms with Gasteiger partial charge >= 0.3 is 0 Å². The summed E-state index contributed by atoms with van der Waals surface area (Å²) >= 11 is 0. The number of nitrogens with zero attached hydrogens (tertiary/aromatic N) is 1. The normalized spacial score (nSPS) is 23.3. The van der Waals surface area contributed by atoms with Crippen LogP contribution in [-0.4, -0.2) is 23.4 Å². The lowest BCUT2D eigenvalue weighted by Crippen LogP contribution is -2.42. The molecule has 1 aliphatic rings. The second kappa shape index (κ2) is 4.15. The molecule has 0 spiro atoms. The summed E-state index contributed by atoms with van der Waals surface area (Å²) in [5.41, 5.74) is 0. The maximum Gasteiger partial charge on any atom is 0.223 e. The molecule has 66 valence electrons. The van der Waals surface area contributed by atoms with Gasteiger partial charge in [0.1, 0.15) is 0 Å². The van der Waals surface area contributed by atoms with E-state index in [-0.39, 0.29) is 11.9 Å². The van der Waals surface area contributed by atoms with Gasteiger partial charge in [0, 0.05) is 13.0 Å². The molecule has 1 atom stereocenters. The van der Waals surface area contributed by atoms with Gasteiger partial charge in [-0.25, -0.2) is 0 Å². The zero-order chi connectivity index (χ0) is 8.97. The molecule has 0 aromatic rings. The monoisotopic (exact) mass is 165 g/mol. The lowest BCUT2D eigenvalue weighted by atomic mass is 10.0. The fourth-order valence-corrected chi connectivity index (χ4v) is 1.61. The van der Waals surface area contributed by atoms with Gasteiger partial charge in [-0.1, -0.05) is 12.8 Å². The van der Waals surface area contributed by atoms with Gasteiger partial charge in [-0.15, -0.1) is 6.42 Å². The summed E-state index contributed by atoms with van der Waals surface area (Å²) in [6.45, 7) is 2.73. The summed E-state index contributed by atoms with van der Waals surface area (Å²) in [5.74, 6) is 2.87. The Hall–Kier alpha value is -0.970. The van der Waals surface area contributed by atoms with Gasteiger partial charge < -0.3 is 4.90 Å². The van der Waals surface area contributed by atoms with Crippen molar-refractivity contribution in [3.8, 4) is 12.3 Å². The highest BCUT2D eigenvalue weighted by Gasteiger charge is 2.23. The van der Waals surface area contributed by atoms with E-state index in [2.05, 4.69) is 5.92 Å². The van der Waals surface area contributed by atoms with Crippen LogP contribution in [0.4, 0.5) is 0 Å². The van der Waals surface area contributed by atoms with Crippen LogP contribution < -0.4 is 0 Å². The van der Waals surface area contributed by atoms with E-state index in [1.54, 1.807) is 0 Å². The van der Waals surface area contributed by atoms with Crippen LogP contribution in [0.2, 0.25) is 0 Å². The van der Waals surface area contributed by atoms with Crippen molar-refractivity contribution in [3.63, 3.8) is 0 Å². The van der Waals surface area contributed by atoms with E-state index in [4.69, 9.17) is 6.42 Å². The number of terminal acetylenes is 1. The number of hydrogen-bond donors (Lipinski definition) is 0. The van der Waals surface area contributed by atoms with E-state index in [9.17, 15) is 4.79 Å². The van der Waals surface area contributed by atoms with Gasteiger partial charge in [0.15, 0.2) is 0 Å². The van der Waals surface area contributed by atoms with Crippen LogP contribution in [0, 0.1) is 12.3 Å². The minimum absolute atomic E-state index is 0.0613. The lowest BCUT2D eigenvalue weighted by Gasteiger charge is -2.32. The van der Waals surface area contributed by atoms with Gasteiger partial charge in [-0.3, -0.25) is 4.79 Å². The minimum Gasteiger partial charge on any atom is -0.329 e. The summed E-state index contributed by atoms with van der Waals surface area (Å²) in [7, 11) is 0. The maximum absolute atomic E-state index is 11.4. The SMILES string of the molecule is C#CC1CCCCN1C(=O)CC. The van der Waals surface area contributed by atoms with Crippen molar-refractivity contribution in [2.45, 2.75) is 38.6 Å². The highest BCUT2D eigenvalue weighted by molar-refractivity contribution is 5.76. The van der Waals surface area contributed by atoms with E-state index in [1.807, 2.05) is 11.8 Å². The van der Waals surface area contributed by atoms with Gasteiger partial charge in [0.25, 0.3) is 0 Å². The first-order chi connectivity index (χ1) is 5.79. The van der Waals surface area contributed by atoms with Gasteiger partial charge in [-0.05, 0) is 19.3 Å². The Morgan fingerprint density at radius 2 is 2.42 bits per heavy atom. The van der Waals surface area contributed by atoms with Gasteiger partial charge in [-0.2, -0.15) is 0 Å². The van der Waals surface area contributed by atoms with E-state index >= 15 is 0 Å². The third kappa shape index (κ3) is 1.79. The predicted molar refractivity (Wildman–Crippen MR) is 48.5 cm³/mol. The number of amides is 1. The molecule has 0 N–H and O–H groups in total. The van der Waals surface area contributed by atoms with E-state index in [1.165, 1.54) is 0 Å². The molecule has 1 heterocycles. The standard InChI is InChI=1S/C10H15NO/c1-3-9-7-5-6-8-11(9)10(12)4-2/h1,9H,4-8H2,2H3. The van der Waals surface area contributed by atoms with Crippen molar-refractivity contribution >= 4 is 5.91 Å². The summed E-state index contributed by atoms with van der Waals surface area (Å²) < 4.78 is 0. The number of hydrogen-bond acceptors (Lipinski definition) is 1. The topological polar surface area (TPSA) is 20.3 Å². The Morgan fingerprint density at radius 1 is 1.67 bits per heavy atom. The lowest BCUT2D eigenvalue weighted by molar-refractivity contribution is -0.133. The van der Waals surface area contributed by atoms with Crippen LogP contribution >= 0.6 is 0 Å². The molecule has 12 heavy (non-hydrogen) atoms. The van der Waals surface area contributed by atoms with Crippen molar-refractivity contribution in [2.24, 2.45) is 0 Å². The molecule has 2 nitrogen and oxygen atoms in total. The van der Waals surface area contributed by atoms with Crippen LogP contribution in [0.5, 0.6) is 0 Å². The van der Waals surface area contributed by atoms with Gasteiger partial charge in [0.05, 0.1) is 6.04 Å². The highest BCUT2D eigenvalue weighted by Crippen LogP contribution is 2.16. The minimum atomic E-state index is 0.0613. The van der Waals surface area contributed by atoms with Gasteiger partial charge in [0.2, 0.25) is 5.91 Å². The van der Waals surface area contributed by atoms with E-state index in [0.29, 0.717) is 6.42 Å². The zero-order valence-corrected chi connectivity index (χ0v) is 7.55. The molecule has 1 aliphatic heterocycles. The van der Waals surface area contributed by atoms with Crippen molar-refractivity contribution in [1.82, 2.24) is 4.90 Å². The highest BCUT2D eigenvalue weighted by atomic mass is 16.2. The number of carbonyl (C=O) groups is 1. The van der Waals surface area contributed by atoms with E-state index < -0.39 is 0 Å². The molecule has 1 fully saturated rings. The molecule has 0 radical (unpaired) electrons. The number of likely N-dealkylation sites (tertiary alicyclic amines) is 1. The van der Waals surface area contributed by atoms with E-state index in [0.717, 1.165) is 25.8 Å². The van der Waals surface area contributed by atoms with Crippen LogP contribution in [0.25, 0.3) is 0 Å². The average molecular weight is 165 g/mol. The predicted octanol–water partition coefficient (Wildman–Crippen LogP) is 1.41. The van der Waals surface area contributed by atoms with Crippen molar-refractivity contribution < 1.29 is 4.79 Å². The Morgan fingerprint density at radius 3 is 3.00 bits per heavy atom. The molecule has 0 aromatic carbocycles. The largest absolute Gasteiger partial charge is 0.329 e. The number of rotatable bonds is 1. The second-order valence-corrected chi connectivity index (χ2v) is 3.12. The molecule has 2 heteroatoms. The fraction of sp³-hybridized carbons (Fsp3) is 0.700. The van der Waals surface area contributed by atoms with Crippen molar-refractivity contribution in [3.05, 3.63) is 0 Å². The number of piperidine rings is 1. The Balaban J connectivity index is 2.60. The molecule has 0 aromatic heterocycles. The smallest absolute Gasteiger partial charge is 0.223 e. The summed E-state index contributed by atoms with van der Waals surface area (Å²) in [6.07, 6.45) is 9.14. The first-order valence-electron chi connectivity index (χ1n) is 4.55. The fourth-order valence-electron chi connectivity index (χ4n) is 1.61. The quantitative estimate of drug-likeness (QED) is 0.538. The van der Waals surface area contributed by atoms with Crippen LogP contribution in [0.15, 0.2) is 0 Å². The summed E-state index contributed by atoms with van der Waals surface area (Å²) in [4.78, 5) is 13.2. The molecular formula is C10H15NO. The van der Waals surface area contributed by atoms with Crippen molar-refractivity contribution in [2.75, 3.05) is 6.54 Å². The average Bonchev–Trinajstić information content (AvgIpc) is 2.16. The zero-order valence-electron chi connectivity index (χ0n) is 7.55. The maximum atomic E-state index is 11.4. The molecular weight excluding hydrogens is 150 g/mol. The van der Waals surface area contributed by atoms with Crippen LogP contribution in [0.1, 0.15) is 32.6 Å². The summed E-state index contributed by atoms with van der Waals surface area (Å²) in [6, 6.07) is 0.0613. The molecule has 0 aliphatic carbocycles. The number of carbonyl (C=O) groups excluding carboxylic acids is 1. The molecule has 0 bridgehead atoms. The van der Waals surface area contributed by atoms with Crippen molar-refractivity contribution in [1.29, 1.82) is 0 Å². The Labute approximate surface area is 73.9 Å². The second-order valence-electron chi connectivity index (χ2n) is 3.12. The third-order valence-corrected chi connectivity index (χ3v) is 2.32. The Kier molecular flexibility index (Phi) is 3.16. The summed E-state index contributed by atoms with van der Waals surface area (Å²) in [5, 5.41) is 0. The molecule has 1 saturated heterocycles. The molecule has 1 unspecified atom stereocenters. The van der Waals surface area contributed by atoms with Crippen LogP contribution in [-0.2, 0) is 4.79 Å². The Bertz CT molecular complexity index is 204. The first kappa shape index (κ1) is 9.12. The molecule has 0 saturated carbocycles. The molecule has 1 amide bonds. The van der Waals surface area contributed by atoms with Crippen LogP contribution in [0.3, 0.4) is 0 Å². The third-order valence-electron chi connectivity index (χ3n) is 2.32. The first-order valence-corrected chi connectivity index (χ1v) is 4.55. The molecule has 1 rings (SSSR count).